The van der Waals surface area contributed by atoms with Crippen LogP contribution in [0, 0.1) is 27.4 Å². The maximum atomic E-state index is 10.6. The molecule has 0 aliphatic heterocycles. The summed E-state index contributed by atoms with van der Waals surface area (Å²) in [5.74, 6) is 0.386. The highest BCUT2D eigenvalue weighted by atomic mass is 16.6. The summed E-state index contributed by atoms with van der Waals surface area (Å²) in [6.07, 6.45) is 2.32. The van der Waals surface area contributed by atoms with Gasteiger partial charge in [-0.1, -0.05) is 0 Å². The first-order chi connectivity index (χ1) is 9.10. The highest BCUT2D eigenvalue weighted by Crippen LogP contribution is 2.27. The van der Waals surface area contributed by atoms with Gasteiger partial charge in [0.1, 0.15) is 6.07 Å². The third kappa shape index (κ3) is 3.20. The molecule has 0 bridgehead atoms. The van der Waals surface area contributed by atoms with Crippen molar-refractivity contribution in [3.8, 4) is 6.07 Å². The molecule has 1 aromatic carbocycles. The average Bonchev–Trinajstić information content (AvgIpc) is 2.81. The molecule has 6 nitrogen and oxygen atoms in total. The first-order valence-corrected chi connectivity index (χ1v) is 6.20. The van der Waals surface area contributed by atoms with Crippen LogP contribution in [0.5, 0.6) is 0 Å². The predicted molar refractivity (Wildman–Crippen MR) is 69.6 cm³/mol. The van der Waals surface area contributed by atoms with Crippen molar-refractivity contribution < 1.29 is 10.0 Å². The Labute approximate surface area is 110 Å². The van der Waals surface area contributed by atoms with E-state index in [4.69, 9.17) is 5.26 Å². The van der Waals surface area contributed by atoms with Gasteiger partial charge in [-0.2, -0.15) is 5.26 Å². The van der Waals surface area contributed by atoms with Crippen LogP contribution >= 0.6 is 0 Å². The Hall–Kier alpha value is -2.13. The van der Waals surface area contributed by atoms with Crippen LogP contribution in [0.3, 0.4) is 0 Å². The molecule has 1 saturated carbocycles. The van der Waals surface area contributed by atoms with Crippen molar-refractivity contribution in [2.75, 3.05) is 11.9 Å². The largest absolute Gasteiger partial charge is 0.393 e. The van der Waals surface area contributed by atoms with E-state index in [0.717, 1.165) is 19.3 Å². The van der Waals surface area contributed by atoms with E-state index in [1.165, 1.54) is 12.1 Å². The van der Waals surface area contributed by atoms with E-state index in [2.05, 4.69) is 5.32 Å². The molecule has 0 amide bonds. The minimum absolute atomic E-state index is 0.0848. The molecule has 0 radical (unpaired) electrons. The Balaban J connectivity index is 2.04. The normalized spacial score (nSPS) is 21.9. The van der Waals surface area contributed by atoms with Gasteiger partial charge in [-0.05, 0) is 31.2 Å². The average molecular weight is 261 g/mol. The van der Waals surface area contributed by atoms with E-state index >= 15 is 0 Å². The van der Waals surface area contributed by atoms with Crippen molar-refractivity contribution in [2.45, 2.75) is 25.4 Å². The minimum atomic E-state index is -0.516. The summed E-state index contributed by atoms with van der Waals surface area (Å²) < 4.78 is 0. The van der Waals surface area contributed by atoms with Gasteiger partial charge in [0.05, 0.1) is 22.3 Å². The van der Waals surface area contributed by atoms with E-state index in [9.17, 15) is 15.2 Å². The van der Waals surface area contributed by atoms with E-state index in [0.29, 0.717) is 18.2 Å². The highest BCUT2D eigenvalue weighted by Gasteiger charge is 2.22. The number of nitrogens with one attached hydrogen (secondary N) is 1. The van der Waals surface area contributed by atoms with Gasteiger partial charge in [0.25, 0.3) is 5.69 Å². The Morgan fingerprint density at radius 3 is 2.89 bits per heavy atom. The molecule has 19 heavy (non-hydrogen) atoms. The van der Waals surface area contributed by atoms with Crippen LogP contribution in [0.2, 0.25) is 0 Å². The number of hydrogen-bond acceptors (Lipinski definition) is 5. The first kappa shape index (κ1) is 13.3. The second-order valence-corrected chi connectivity index (χ2v) is 4.81. The lowest BCUT2D eigenvalue weighted by Gasteiger charge is -2.12. The molecule has 2 N–H and O–H groups in total. The maximum Gasteiger partial charge on any atom is 0.270 e. The molecule has 2 unspecified atom stereocenters. The number of nitriles is 1. The molecule has 0 heterocycles. The second-order valence-electron chi connectivity index (χ2n) is 4.81. The number of anilines is 1. The number of non-ortho nitro benzene ring substituents is 1. The summed E-state index contributed by atoms with van der Waals surface area (Å²) >= 11 is 0. The lowest BCUT2D eigenvalue weighted by molar-refractivity contribution is -0.384. The fraction of sp³-hybridized carbons (Fsp3) is 0.462. The summed E-state index contributed by atoms with van der Waals surface area (Å²) in [6.45, 7) is 0.670. The molecule has 2 atom stereocenters. The third-order valence-corrected chi connectivity index (χ3v) is 3.43. The van der Waals surface area contributed by atoms with Gasteiger partial charge in [-0.25, -0.2) is 0 Å². The summed E-state index contributed by atoms with van der Waals surface area (Å²) in [6, 6.07) is 6.17. The van der Waals surface area contributed by atoms with Gasteiger partial charge < -0.3 is 10.4 Å². The molecule has 1 fully saturated rings. The quantitative estimate of drug-likeness (QED) is 0.638. The zero-order chi connectivity index (χ0) is 13.8. The molecular formula is C13H15N3O3. The van der Waals surface area contributed by atoms with Crippen molar-refractivity contribution in [2.24, 2.45) is 5.92 Å². The molecule has 0 spiro atoms. The molecule has 1 aliphatic rings. The number of nitro benzene ring substituents is 1. The Morgan fingerprint density at radius 1 is 1.53 bits per heavy atom. The van der Waals surface area contributed by atoms with Crippen LogP contribution in [0.4, 0.5) is 11.4 Å². The SMILES string of the molecule is N#Cc1cc([N+](=O)[O-])ccc1NCC1CCC(O)C1. The van der Waals surface area contributed by atoms with Gasteiger partial charge >= 0.3 is 0 Å². The zero-order valence-electron chi connectivity index (χ0n) is 10.4. The van der Waals surface area contributed by atoms with Crippen molar-refractivity contribution in [3.63, 3.8) is 0 Å². The van der Waals surface area contributed by atoms with Crippen molar-refractivity contribution >= 4 is 11.4 Å². The number of nitrogens with zero attached hydrogens (tertiary/aromatic N) is 2. The molecule has 0 aromatic heterocycles. The van der Waals surface area contributed by atoms with Gasteiger partial charge in [0.15, 0.2) is 0 Å². The fourth-order valence-corrected chi connectivity index (χ4v) is 2.38. The number of hydrogen-bond donors (Lipinski definition) is 2. The van der Waals surface area contributed by atoms with Gasteiger partial charge in [0, 0.05) is 18.7 Å². The smallest absolute Gasteiger partial charge is 0.270 e. The van der Waals surface area contributed by atoms with Crippen molar-refractivity contribution in [3.05, 3.63) is 33.9 Å². The van der Waals surface area contributed by atoms with Crippen LogP contribution < -0.4 is 5.32 Å². The Morgan fingerprint density at radius 2 is 2.32 bits per heavy atom. The predicted octanol–water partition coefficient (Wildman–Crippen LogP) is 2.04. The van der Waals surface area contributed by atoms with Crippen LogP contribution in [-0.2, 0) is 0 Å². The third-order valence-electron chi connectivity index (χ3n) is 3.43. The second kappa shape index (κ2) is 5.67. The van der Waals surface area contributed by atoms with Crippen molar-refractivity contribution in [1.29, 1.82) is 5.26 Å². The van der Waals surface area contributed by atoms with Crippen LogP contribution in [0.1, 0.15) is 24.8 Å². The van der Waals surface area contributed by atoms with E-state index in [1.54, 1.807) is 6.07 Å². The first-order valence-electron chi connectivity index (χ1n) is 6.20. The topological polar surface area (TPSA) is 99.2 Å². The van der Waals surface area contributed by atoms with E-state index in [1.807, 2.05) is 6.07 Å². The number of nitro groups is 1. The minimum Gasteiger partial charge on any atom is -0.393 e. The van der Waals surface area contributed by atoms with E-state index in [-0.39, 0.29) is 17.4 Å². The maximum absolute atomic E-state index is 10.6. The molecule has 100 valence electrons. The molecule has 1 aromatic rings. The highest BCUT2D eigenvalue weighted by molar-refractivity contribution is 5.61. The number of benzene rings is 1. The molecular weight excluding hydrogens is 246 g/mol. The van der Waals surface area contributed by atoms with Gasteiger partial charge in [-0.15, -0.1) is 0 Å². The van der Waals surface area contributed by atoms with Crippen LogP contribution in [-0.4, -0.2) is 22.7 Å². The fourth-order valence-electron chi connectivity index (χ4n) is 2.38. The Bertz CT molecular complexity index is 524. The van der Waals surface area contributed by atoms with E-state index < -0.39 is 4.92 Å². The molecule has 1 aliphatic carbocycles. The summed E-state index contributed by atoms with van der Waals surface area (Å²) in [4.78, 5) is 10.1. The standard InChI is InChI=1S/C13H15N3O3/c14-7-10-6-11(16(18)19)2-4-13(10)15-8-9-1-3-12(17)5-9/h2,4,6,9,12,15,17H,1,3,5,8H2. The monoisotopic (exact) mass is 261 g/mol. The van der Waals surface area contributed by atoms with Gasteiger partial charge in [0.2, 0.25) is 0 Å². The summed E-state index contributed by atoms with van der Waals surface area (Å²) in [5, 5.41) is 32.2. The number of rotatable bonds is 4. The summed E-state index contributed by atoms with van der Waals surface area (Å²) in [7, 11) is 0. The lowest BCUT2D eigenvalue weighted by atomic mass is 10.1. The molecule has 6 heteroatoms. The number of aliphatic hydroxyl groups excluding tert-OH is 1. The molecule has 0 saturated heterocycles. The lowest BCUT2D eigenvalue weighted by Crippen LogP contribution is -2.13. The molecule has 2 rings (SSSR count). The van der Waals surface area contributed by atoms with Crippen molar-refractivity contribution in [1.82, 2.24) is 0 Å². The summed E-state index contributed by atoms with van der Waals surface area (Å²) in [5.41, 5.74) is 0.792. The Kier molecular flexibility index (Phi) is 3.97. The number of aliphatic hydroxyl groups is 1. The van der Waals surface area contributed by atoms with Gasteiger partial charge in [-0.3, -0.25) is 10.1 Å². The zero-order valence-corrected chi connectivity index (χ0v) is 10.4. The van der Waals surface area contributed by atoms with Crippen LogP contribution in [0.15, 0.2) is 18.2 Å². The van der Waals surface area contributed by atoms with Crippen LogP contribution in [0.25, 0.3) is 0 Å².